The number of halogens is 1. The normalized spacial score (nSPS) is 15.6. The highest BCUT2D eigenvalue weighted by Crippen LogP contribution is 2.27. The van der Waals surface area contributed by atoms with Gasteiger partial charge in [0.1, 0.15) is 11.9 Å². The van der Waals surface area contributed by atoms with Gasteiger partial charge in [-0.05, 0) is 55.7 Å². The van der Waals surface area contributed by atoms with Crippen molar-refractivity contribution in [2.45, 2.75) is 33.2 Å². The van der Waals surface area contributed by atoms with Crippen LogP contribution in [0.15, 0.2) is 42.5 Å². The Kier molecular flexibility index (Phi) is 6.89. The Balaban J connectivity index is 1.82. The Morgan fingerprint density at radius 2 is 1.65 bits per heavy atom. The zero-order chi connectivity index (χ0) is 22.8. The number of piperazine rings is 1. The molecule has 2 aromatic rings. The molecule has 1 heterocycles. The Bertz CT molecular complexity index is 1030. The predicted octanol–water partition coefficient (Wildman–Crippen LogP) is 3.34. The lowest BCUT2D eigenvalue weighted by atomic mass is 10.1. The number of aryl methyl sites for hydroxylation is 2. The summed E-state index contributed by atoms with van der Waals surface area (Å²) in [7, 11) is -3.68. The predicted molar refractivity (Wildman–Crippen MR) is 123 cm³/mol. The van der Waals surface area contributed by atoms with Crippen LogP contribution in [0, 0.1) is 19.7 Å². The summed E-state index contributed by atoms with van der Waals surface area (Å²) in [4.78, 5) is 17.0. The van der Waals surface area contributed by atoms with Crippen LogP contribution in [0.5, 0.6) is 0 Å². The molecule has 0 bridgehead atoms. The molecule has 0 N–H and O–H groups in total. The number of hydrogen-bond acceptors (Lipinski definition) is 4. The molecule has 0 aliphatic carbocycles. The quantitative estimate of drug-likeness (QED) is 0.682. The average Bonchev–Trinajstić information content (AvgIpc) is 2.70. The second-order valence-electron chi connectivity index (χ2n) is 8.09. The molecule has 1 unspecified atom stereocenters. The Morgan fingerprint density at radius 1 is 1.06 bits per heavy atom. The summed E-state index contributed by atoms with van der Waals surface area (Å²) in [6, 6.07) is 11.3. The maximum Gasteiger partial charge on any atom is 0.246 e. The SMILES string of the molecule is CCC(C(=O)N1CCN(c2ccccc2F)CC1)N(c1cc(C)cc(C)c1)S(C)(=O)=O. The van der Waals surface area contributed by atoms with Crippen molar-refractivity contribution >= 4 is 27.3 Å². The Hall–Kier alpha value is -2.61. The Morgan fingerprint density at radius 3 is 2.16 bits per heavy atom. The third-order valence-corrected chi connectivity index (χ3v) is 6.74. The largest absolute Gasteiger partial charge is 0.366 e. The van der Waals surface area contributed by atoms with Crippen LogP contribution in [0.3, 0.4) is 0 Å². The van der Waals surface area contributed by atoms with Gasteiger partial charge in [-0.2, -0.15) is 0 Å². The fourth-order valence-electron chi connectivity index (χ4n) is 4.21. The molecule has 1 saturated heterocycles. The van der Waals surface area contributed by atoms with Gasteiger partial charge in [0.15, 0.2) is 0 Å². The van der Waals surface area contributed by atoms with Gasteiger partial charge in [0.25, 0.3) is 0 Å². The molecule has 0 saturated carbocycles. The molecule has 6 nitrogen and oxygen atoms in total. The van der Waals surface area contributed by atoms with Crippen LogP contribution >= 0.6 is 0 Å². The minimum Gasteiger partial charge on any atom is -0.366 e. The van der Waals surface area contributed by atoms with E-state index in [0.29, 0.717) is 44.0 Å². The van der Waals surface area contributed by atoms with Crippen molar-refractivity contribution in [2.24, 2.45) is 0 Å². The molecule has 1 aliphatic rings. The van der Waals surface area contributed by atoms with Crippen molar-refractivity contribution in [1.29, 1.82) is 0 Å². The van der Waals surface area contributed by atoms with E-state index in [1.54, 1.807) is 35.2 Å². The molecule has 31 heavy (non-hydrogen) atoms. The average molecular weight is 448 g/mol. The molecular formula is C23H30FN3O3S. The first-order valence-corrected chi connectivity index (χ1v) is 12.3. The van der Waals surface area contributed by atoms with Gasteiger partial charge in [0, 0.05) is 26.2 Å². The highest BCUT2D eigenvalue weighted by atomic mass is 32.2. The molecule has 1 atom stereocenters. The fraction of sp³-hybridized carbons (Fsp3) is 0.435. The van der Waals surface area contributed by atoms with E-state index in [1.807, 2.05) is 31.7 Å². The molecule has 1 aliphatic heterocycles. The van der Waals surface area contributed by atoms with Crippen LogP contribution in [0.4, 0.5) is 15.8 Å². The maximum atomic E-state index is 14.1. The first-order chi connectivity index (χ1) is 14.6. The summed E-state index contributed by atoms with van der Waals surface area (Å²) in [5.41, 5.74) is 2.90. The summed E-state index contributed by atoms with van der Waals surface area (Å²) in [6.07, 6.45) is 1.49. The number of benzene rings is 2. The first-order valence-electron chi connectivity index (χ1n) is 10.5. The standard InChI is InChI=1S/C23H30FN3O3S/c1-5-21(27(31(4,29)30)19-15-17(2)14-18(3)16-19)23(28)26-12-10-25(11-13-26)22-9-7-6-8-20(22)24/h6-9,14-16,21H,5,10-13H2,1-4H3. The summed E-state index contributed by atoms with van der Waals surface area (Å²) in [6.45, 7) is 7.43. The van der Waals surface area contributed by atoms with Crippen molar-refractivity contribution in [1.82, 2.24) is 4.90 Å². The molecule has 1 fully saturated rings. The molecule has 2 aromatic carbocycles. The van der Waals surface area contributed by atoms with Gasteiger partial charge in [-0.1, -0.05) is 25.1 Å². The van der Waals surface area contributed by atoms with Crippen LogP contribution in [0.2, 0.25) is 0 Å². The van der Waals surface area contributed by atoms with Crippen molar-refractivity contribution < 1.29 is 17.6 Å². The lowest BCUT2D eigenvalue weighted by molar-refractivity contribution is -0.132. The van der Waals surface area contributed by atoms with E-state index in [-0.39, 0.29) is 11.7 Å². The summed E-state index contributed by atoms with van der Waals surface area (Å²) in [5.74, 6) is -0.507. The first kappa shape index (κ1) is 23.1. The number of para-hydroxylation sites is 1. The smallest absolute Gasteiger partial charge is 0.246 e. The number of sulfonamides is 1. The minimum atomic E-state index is -3.68. The van der Waals surface area contributed by atoms with E-state index in [0.717, 1.165) is 17.4 Å². The number of rotatable bonds is 6. The highest BCUT2D eigenvalue weighted by Gasteiger charge is 2.35. The van der Waals surface area contributed by atoms with Crippen LogP contribution in [0.25, 0.3) is 0 Å². The third kappa shape index (κ3) is 5.18. The van der Waals surface area contributed by atoms with Crippen LogP contribution in [-0.4, -0.2) is 57.7 Å². The summed E-state index contributed by atoms with van der Waals surface area (Å²) in [5, 5.41) is 0. The molecule has 8 heteroatoms. The molecule has 0 radical (unpaired) electrons. The van der Waals surface area contributed by atoms with Gasteiger partial charge in [-0.15, -0.1) is 0 Å². The van der Waals surface area contributed by atoms with Crippen molar-refractivity contribution in [3.05, 3.63) is 59.4 Å². The van der Waals surface area contributed by atoms with Gasteiger partial charge < -0.3 is 9.80 Å². The van der Waals surface area contributed by atoms with Gasteiger partial charge in [0.05, 0.1) is 17.6 Å². The summed E-state index contributed by atoms with van der Waals surface area (Å²) >= 11 is 0. The molecular weight excluding hydrogens is 417 g/mol. The summed E-state index contributed by atoms with van der Waals surface area (Å²) < 4.78 is 40.8. The second kappa shape index (κ2) is 9.26. The number of carbonyl (C=O) groups excluding carboxylic acids is 1. The van der Waals surface area contributed by atoms with Gasteiger partial charge >= 0.3 is 0 Å². The molecule has 1 amide bonds. The molecule has 3 rings (SSSR count). The fourth-order valence-corrected chi connectivity index (χ4v) is 5.40. The number of amides is 1. The topological polar surface area (TPSA) is 60.9 Å². The third-order valence-electron chi connectivity index (χ3n) is 5.56. The van der Waals surface area contributed by atoms with Crippen LogP contribution < -0.4 is 9.21 Å². The Labute approximate surface area is 184 Å². The van der Waals surface area contributed by atoms with E-state index in [9.17, 15) is 17.6 Å². The zero-order valence-electron chi connectivity index (χ0n) is 18.5. The number of anilines is 2. The maximum absolute atomic E-state index is 14.1. The van der Waals surface area contributed by atoms with E-state index in [4.69, 9.17) is 0 Å². The van der Waals surface area contributed by atoms with Crippen LogP contribution in [-0.2, 0) is 14.8 Å². The molecule has 168 valence electrons. The minimum absolute atomic E-state index is 0.222. The zero-order valence-corrected chi connectivity index (χ0v) is 19.3. The number of nitrogens with zero attached hydrogens (tertiary/aromatic N) is 3. The van der Waals surface area contributed by atoms with Gasteiger partial charge in [-0.25, -0.2) is 12.8 Å². The van der Waals surface area contributed by atoms with Gasteiger partial charge in [-0.3, -0.25) is 9.10 Å². The number of hydrogen-bond donors (Lipinski definition) is 0. The van der Waals surface area contributed by atoms with E-state index < -0.39 is 16.1 Å². The monoisotopic (exact) mass is 447 g/mol. The van der Waals surface area contributed by atoms with Gasteiger partial charge in [0.2, 0.25) is 15.9 Å². The molecule has 0 aromatic heterocycles. The molecule has 0 spiro atoms. The van der Waals surface area contributed by atoms with E-state index in [1.165, 1.54) is 10.4 Å². The lowest BCUT2D eigenvalue weighted by Crippen LogP contribution is -2.56. The van der Waals surface area contributed by atoms with Crippen LogP contribution in [0.1, 0.15) is 24.5 Å². The number of carbonyl (C=O) groups is 1. The van der Waals surface area contributed by atoms with Crippen molar-refractivity contribution in [2.75, 3.05) is 41.6 Å². The van der Waals surface area contributed by atoms with E-state index in [2.05, 4.69) is 0 Å². The highest BCUT2D eigenvalue weighted by molar-refractivity contribution is 7.92. The second-order valence-corrected chi connectivity index (χ2v) is 9.95. The van der Waals surface area contributed by atoms with Crippen molar-refractivity contribution in [3.8, 4) is 0 Å². The van der Waals surface area contributed by atoms with Crippen molar-refractivity contribution in [3.63, 3.8) is 0 Å². The van der Waals surface area contributed by atoms with E-state index >= 15 is 0 Å². The lowest BCUT2D eigenvalue weighted by Gasteiger charge is -2.39.